The first-order chi connectivity index (χ1) is 9.17. The number of hydrogen-bond donors (Lipinski definition) is 0. The van der Waals surface area contributed by atoms with Crippen LogP contribution in [0.1, 0.15) is 36.5 Å². The molecule has 0 bridgehead atoms. The third-order valence-electron chi connectivity index (χ3n) is 3.70. The van der Waals surface area contributed by atoms with E-state index in [4.69, 9.17) is 4.74 Å². The van der Waals surface area contributed by atoms with E-state index in [2.05, 4.69) is 6.92 Å². The lowest BCUT2D eigenvalue weighted by atomic mass is 10.0. The van der Waals surface area contributed by atoms with Gasteiger partial charge in [-0.3, -0.25) is 4.79 Å². The van der Waals surface area contributed by atoms with Gasteiger partial charge in [0.15, 0.2) is 0 Å². The number of carbonyl (C=O) groups is 1. The van der Waals surface area contributed by atoms with Crippen molar-refractivity contribution in [3.8, 4) is 5.75 Å². The van der Waals surface area contributed by atoms with Crippen molar-refractivity contribution in [2.75, 3.05) is 19.9 Å². The molecule has 1 aromatic carbocycles. The van der Waals surface area contributed by atoms with Gasteiger partial charge in [0.05, 0.1) is 12.7 Å². The van der Waals surface area contributed by atoms with Crippen molar-refractivity contribution in [2.45, 2.75) is 37.1 Å². The second kappa shape index (κ2) is 6.33. The normalized spacial score (nSPS) is 19.3. The topological polar surface area (TPSA) is 29.5 Å². The zero-order chi connectivity index (χ0) is 13.8. The lowest BCUT2D eigenvalue weighted by Crippen LogP contribution is -2.42. The first-order valence-electron chi connectivity index (χ1n) is 6.70. The first-order valence-corrected chi connectivity index (χ1v) is 7.93. The number of ether oxygens (including phenoxy) is 1. The Labute approximate surface area is 119 Å². The van der Waals surface area contributed by atoms with Crippen molar-refractivity contribution in [2.24, 2.45) is 0 Å². The van der Waals surface area contributed by atoms with Gasteiger partial charge in [-0.25, -0.2) is 0 Å². The molecule has 1 aliphatic heterocycles. The Morgan fingerprint density at radius 1 is 1.42 bits per heavy atom. The number of piperidine rings is 1. The van der Waals surface area contributed by atoms with Gasteiger partial charge in [-0.1, -0.05) is 0 Å². The summed E-state index contributed by atoms with van der Waals surface area (Å²) in [4.78, 5) is 15.7. The van der Waals surface area contributed by atoms with Gasteiger partial charge in [-0.2, -0.15) is 0 Å². The number of rotatable bonds is 3. The van der Waals surface area contributed by atoms with Crippen molar-refractivity contribution in [1.29, 1.82) is 0 Å². The van der Waals surface area contributed by atoms with Gasteiger partial charge in [0.25, 0.3) is 5.91 Å². The van der Waals surface area contributed by atoms with Gasteiger partial charge in [-0.15, -0.1) is 11.8 Å². The lowest BCUT2D eigenvalue weighted by molar-refractivity contribution is 0.0632. The van der Waals surface area contributed by atoms with Crippen LogP contribution in [0.5, 0.6) is 5.75 Å². The van der Waals surface area contributed by atoms with E-state index < -0.39 is 0 Å². The van der Waals surface area contributed by atoms with Gasteiger partial charge < -0.3 is 9.64 Å². The van der Waals surface area contributed by atoms with E-state index in [1.54, 1.807) is 18.9 Å². The SMILES string of the molecule is COc1cc(SC)ccc1C(=O)N1CCCC[C@@H]1C. The third-order valence-corrected chi connectivity index (χ3v) is 4.43. The van der Waals surface area contributed by atoms with E-state index in [0.717, 1.165) is 24.3 Å². The second-order valence-electron chi connectivity index (χ2n) is 4.91. The number of amides is 1. The van der Waals surface area contributed by atoms with Gasteiger partial charge in [0.2, 0.25) is 0 Å². The summed E-state index contributed by atoms with van der Waals surface area (Å²) < 4.78 is 5.37. The molecule has 2 rings (SSSR count). The first kappa shape index (κ1) is 14.3. The Hall–Kier alpha value is -1.16. The van der Waals surface area contributed by atoms with Crippen LogP contribution in [0.15, 0.2) is 23.1 Å². The Morgan fingerprint density at radius 2 is 2.21 bits per heavy atom. The van der Waals surface area contributed by atoms with Crippen LogP contribution in [-0.4, -0.2) is 36.8 Å². The molecule has 1 saturated heterocycles. The molecule has 0 N–H and O–H groups in total. The Morgan fingerprint density at radius 3 is 2.84 bits per heavy atom. The average molecular weight is 279 g/mol. The highest BCUT2D eigenvalue weighted by Gasteiger charge is 2.26. The lowest BCUT2D eigenvalue weighted by Gasteiger charge is -2.33. The summed E-state index contributed by atoms with van der Waals surface area (Å²) in [5.41, 5.74) is 0.675. The number of methoxy groups -OCH3 is 1. The largest absolute Gasteiger partial charge is 0.496 e. The van der Waals surface area contributed by atoms with Crippen molar-refractivity contribution >= 4 is 17.7 Å². The molecule has 4 heteroatoms. The maximum absolute atomic E-state index is 12.6. The minimum atomic E-state index is 0.0942. The predicted molar refractivity (Wildman–Crippen MR) is 79.1 cm³/mol. The molecule has 1 heterocycles. The van der Waals surface area contributed by atoms with Crippen molar-refractivity contribution < 1.29 is 9.53 Å². The van der Waals surface area contributed by atoms with Crippen LogP contribution in [-0.2, 0) is 0 Å². The molecule has 1 fully saturated rings. The van der Waals surface area contributed by atoms with Crippen LogP contribution >= 0.6 is 11.8 Å². The van der Waals surface area contributed by atoms with Gasteiger partial charge in [-0.05, 0) is 50.6 Å². The minimum Gasteiger partial charge on any atom is -0.496 e. The fraction of sp³-hybridized carbons (Fsp3) is 0.533. The van der Waals surface area contributed by atoms with E-state index in [0.29, 0.717) is 17.4 Å². The minimum absolute atomic E-state index is 0.0942. The maximum Gasteiger partial charge on any atom is 0.257 e. The van der Waals surface area contributed by atoms with Crippen molar-refractivity contribution in [3.63, 3.8) is 0 Å². The molecule has 1 amide bonds. The third kappa shape index (κ3) is 3.06. The van der Waals surface area contributed by atoms with E-state index in [1.807, 2.05) is 29.4 Å². The zero-order valence-corrected chi connectivity index (χ0v) is 12.6. The molecule has 3 nitrogen and oxygen atoms in total. The Bertz CT molecular complexity index is 461. The summed E-state index contributed by atoms with van der Waals surface area (Å²) in [5, 5.41) is 0. The van der Waals surface area contributed by atoms with Gasteiger partial charge in [0.1, 0.15) is 5.75 Å². The molecular weight excluding hydrogens is 258 g/mol. The summed E-state index contributed by atoms with van der Waals surface area (Å²) in [6, 6.07) is 6.13. The van der Waals surface area contributed by atoms with Gasteiger partial charge >= 0.3 is 0 Å². The maximum atomic E-state index is 12.6. The number of hydrogen-bond acceptors (Lipinski definition) is 3. The fourth-order valence-corrected chi connectivity index (χ4v) is 2.96. The van der Waals surface area contributed by atoms with E-state index in [1.165, 1.54) is 6.42 Å². The molecular formula is C15H21NO2S. The summed E-state index contributed by atoms with van der Waals surface area (Å²) in [5.74, 6) is 0.770. The molecule has 1 atom stereocenters. The van der Waals surface area contributed by atoms with Crippen LogP contribution in [0.25, 0.3) is 0 Å². The summed E-state index contributed by atoms with van der Waals surface area (Å²) in [7, 11) is 1.62. The highest BCUT2D eigenvalue weighted by Crippen LogP contribution is 2.28. The number of likely N-dealkylation sites (tertiary alicyclic amines) is 1. The quantitative estimate of drug-likeness (QED) is 0.794. The predicted octanol–water partition coefficient (Wildman–Crippen LogP) is 3.43. The van der Waals surface area contributed by atoms with E-state index >= 15 is 0 Å². The molecule has 0 spiro atoms. The van der Waals surface area contributed by atoms with Crippen LogP contribution < -0.4 is 4.74 Å². The Balaban J connectivity index is 2.27. The van der Waals surface area contributed by atoms with E-state index in [-0.39, 0.29) is 5.91 Å². The number of benzene rings is 1. The van der Waals surface area contributed by atoms with Crippen molar-refractivity contribution in [1.82, 2.24) is 4.90 Å². The zero-order valence-electron chi connectivity index (χ0n) is 11.8. The number of carbonyl (C=O) groups excluding carboxylic acids is 1. The van der Waals surface area contributed by atoms with Crippen molar-refractivity contribution in [3.05, 3.63) is 23.8 Å². The summed E-state index contributed by atoms with van der Waals surface area (Å²) in [6.45, 7) is 2.98. The van der Waals surface area contributed by atoms with Crippen LogP contribution in [0.4, 0.5) is 0 Å². The monoisotopic (exact) mass is 279 g/mol. The standard InChI is InChI=1S/C15H21NO2S/c1-11-6-4-5-9-16(11)15(17)13-8-7-12(19-3)10-14(13)18-2/h7-8,10-11H,4-6,9H2,1-3H3/t11-/m0/s1. The molecule has 0 saturated carbocycles. The molecule has 0 aliphatic carbocycles. The average Bonchev–Trinajstić information content (AvgIpc) is 2.46. The summed E-state index contributed by atoms with van der Waals surface area (Å²) >= 11 is 1.65. The van der Waals surface area contributed by atoms with Crippen LogP contribution in [0.3, 0.4) is 0 Å². The summed E-state index contributed by atoms with van der Waals surface area (Å²) in [6.07, 6.45) is 5.43. The highest BCUT2D eigenvalue weighted by atomic mass is 32.2. The molecule has 19 heavy (non-hydrogen) atoms. The van der Waals surface area contributed by atoms with Crippen LogP contribution in [0.2, 0.25) is 0 Å². The molecule has 0 unspecified atom stereocenters. The molecule has 1 aliphatic rings. The van der Waals surface area contributed by atoms with E-state index in [9.17, 15) is 4.79 Å². The highest BCUT2D eigenvalue weighted by molar-refractivity contribution is 7.98. The fourth-order valence-electron chi connectivity index (χ4n) is 2.53. The Kier molecular flexibility index (Phi) is 4.75. The number of nitrogens with zero attached hydrogens (tertiary/aromatic N) is 1. The molecule has 0 radical (unpaired) electrons. The number of thioether (sulfide) groups is 1. The van der Waals surface area contributed by atoms with Crippen LogP contribution in [0, 0.1) is 0 Å². The van der Waals surface area contributed by atoms with Gasteiger partial charge in [0, 0.05) is 17.5 Å². The molecule has 0 aromatic heterocycles. The molecule has 1 aromatic rings. The second-order valence-corrected chi connectivity index (χ2v) is 5.79. The molecule has 104 valence electrons. The smallest absolute Gasteiger partial charge is 0.257 e.